The highest BCUT2D eigenvalue weighted by atomic mass is 32.1. The van der Waals surface area contributed by atoms with Gasteiger partial charge in [-0.2, -0.15) is 0 Å². The zero-order valence-electron chi connectivity index (χ0n) is 15.3. The van der Waals surface area contributed by atoms with Crippen LogP contribution < -0.4 is 5.32 Å². The molecule has 2 N–H and O–H groups in total. The number of hydrogen-bond donors (Lipinski definition) is 2. The van der Waals surface area contributed by atoms with Crippen LogP contribution in [0.5, 0.6) is 5.75 Å². The van der Waals surface area contributed by atoms with Crippen LogP contribution in [0.4, 0.5) is 4.79 Å². The third-order valence-corrected chi connectivity index (χ3v) is 5.87. The van der Waals surface area contributed by atoms with Gasteiger partial charge in [-0.1, -0.05) is 12.1 Å². The Labute approximate surface area is 159 Å². The van der Waals surface area contributed by atoms with Gasteiger partial charge in [-0.15, -0.1) is 11.3 Å². The van der Waals surface area contributed by atoms with Gasteiger partial charge < -0.3 is 15.3 Å². The summed E-state index contributed by atoms with van der Waals surface area (Å²) in [6, 6.07) is 7.71. The number of amides is 2. The van der Waals surface area contributed by atoms with Crippen molar-refractivity contribution in [3.05, 3.63) is 45.9 Å². The molecular weight excluding hydrogens is 346 g/mol. The summed E-state index contributed by atoms with van der Waals surface area (Å²) in [7, 11) is 0. The molecule has 1 unspecified atom stereocenters. The monoisotopic (exact) mass is 373 g/mol. The van der Waals surface area contributed by atoms with Crippen molar-refractivity contribution in [1.29, 1.82) is 0 Å². The predicted molar refractivity (Wildman–Crippen MR) is 105 cm³/mol. The van der Waals surface area contributed by atoms with Crippen LogP contribution in [0.3, 0.4) is 0 Å². The fourth-order valence-corrected chi connectivity index (χ4v) is 4.28. The van der Waals surface area contributed by atoms with E-state index < -0.39 is 0 Å². The number of aromatic hydroxyl groups is 1. The SMILES string of the molecule is Cc1csc(CCNC(=O)N2CCCCC2CCc2cccc(O)c2)n1. The summed E-state index contributed by atoms with van der Waals surface area (Å²) in [6.07, 6.45) is 5.89. The maximum atomic E-state index is 12.6. The maximum absolute atomic E-state index is 12.6. The first-order valence-corrected chi connectivity index (χ1v) is 10.2. The largest absolute Gasteiger partial charge is 0.508 e. The van der Waals surface area contributed by atoms with Gasteiger partial charge in [0, 0.05) is 36.6 Å². The first-order valence-electron chi connectivity index (χ1n) is 9.35. The Morgan fingerprint density at radius 2 is 2.27 bits per heavy atom. The molecule has 3 rings (SSSR count). The molecule has 1 aliphatic heterocycles. The van der Waals surface area contributed by atoms with Gasteiger partial charge in [0.05, 0.1) is 5.01 Å². The molecule has 1 aromatic carbocycles. The zero-order valence-corrected chi connectivity index (χ0v) is 16.1. The van der Waals surface area contributed by atoms with Crippen LogP contribution in [0.2, 0.25) is 0 Å². The Bertz CT molecular complexity index is 731. The molecule has 1 aliphatic rings. The predicted octanol–water partition coefficient (Wildman–Crippen LogP) is 3.90. The van der Waals surface area contributed by atoms with E-state index in [0.29, 0.717) is 12.3 Å². The van der Waals surface area contributed by atoms with Gasteiger partial charge in [0.25, 0.3) is 0 Å². The molecule has 2 heterocycles. The molecule has 5 nitrogen and oxygen atoms in total. The molecule has 0 aliphatic carbocycles. The van der Waals surface area contributed by atoms with Crippen molar-refractivity contribution in [3.63, 3.8) is 0 Å². The number of phenolic OH excluding ortho intramolecular Hbond substituents is 1. The van der Waals surface area contributed by atoms with Crippen molar-refractivity contribution < 1.29 is 9.90 Å². The summed E-state index contributed by atoms with van der Waals surface area (Å²) in [6.45, 7) is 3.44. The highest BCUT2D eigenvalue weighted by molar-refractivity contribution is 7.09. The van der Waals surface area contributed by atoms with Gasteiger partial charge in [0.15, 0.2) is 0 Å². The Morgan fingerprint density at radius 1 is 1.38 bits per heavy atom. The molecular formula is C20H27N3O2S. The Hall–Kier alpha value is -2.08. The van der Waals surface area contributed by atoms with Crippen molar-refractivity contribution in [1.82, 2.24) is 15.2 Å². The van der Waals surface area contributed by atoms with Gasteiger partial charge in [-0.05, 0) is 56.7 Å². The summed E-state index contributed by atoms with van der Waals surface area (Å²) in [5.41, 5.74) is 2.16. The fraction of sp³-hybridized carbons (Fsp3) is 0.500. The normalized spacial score (nSPS) is 17.3. The average molecular weight is 374 g/mol. The van der Waals surface area contributed by atoms with Gasteiger partial charge >= 0.3 is 6.03 Å². The number of benzene rings is 1. The fourth-order valence-electron chi connectivity index (χ4n) is 3.51. The molecule has 140 valence electrons. The second kappa shape index (κ2) is 9.03. The zero-order chi connectivity index (χ0) is 18.4. The topological polar surface area (TPSA) is 65.5 Å². The van der Waals surface area contributed by atoms with Crippen LogP contribution in [0.25, 0.3) is 0 Å². The van der Waals surface area contributed by atoms with Crippen LogP contribution in [0, 0.1) is 6.92 Å². The molecule has 1 fully saturated rings. The second-order valence-corrected chi connectivity index (χ2v) is 7.86. The molecule has 1 aromatic heterocycles. The summed E-state index contributed by atoms with van der Waals surface area (Å²) in [4.78, 5) is 19.1. The molecule has 6 heteroatoms. The quantitative estimate of drug-likeness (QED) is 0.807. The molecule has 0 bridgehead atoms. The minimum absolute atomic E-state index is 0.0406. The molecule has 26 heavy (non-hydrogen) atoms. The first kappa shape index (κ1) is 18.7. The lowest BCUT2D eigenvalue weighted by molar-refractivity contribution is 0.147. The highest BCUT2D eigenvalue weighted by Crippen LogP contribution is 2.22. The number of piperidine rings is 1. The number of aromatic nitrogens is 1. The molecule has 2 amide bonds. The molecule has 0 radical (unpaired) electrons. The first-order chi connectivity index (χ1) is 12.6. The average Bonchev–Trinajstić information content (AvgIpc) is 3.05. The lowest BCUT2D eigenvalue weighted by Crippen LogP contribution is -2.49. The summed E-state index contributed by atoms with van der Waals surface area (Å²) < 4.78 is 0. The number of nitrogens with zero attached hydrogens (tertiary/aromatic N) is 2. The lowest BCUT2D eigenvalue weighted by atomic mass is 9.96. The minimum Gasteiger partial charge on any atom is -0.508 e. The lowest BCUT2D eigenvalue weighted by Gasteiger charge is -2.36. The summed E-state index contributed by atoms with van der Waals surface area (Å²) >= 11 is 1.65. The van der Waals surface area contributed by atoms with E-state index in [9.17, 15) is 9.90 Å². The molecule has 0 spiro atoms. The molecule has 2 aromatic rings. The minimum atomic E-state index is 0.0406. The Balaban J connectivity index is 1.49. The van der Waals surface area contributed by atoms with E-state index in [4.69, 9.17) is 0 Å². The van der Waals surface area contributed by atoms with Crippen molar-refractivity contribution >= 4 is 17.4 Å². The third-order valence-electron chi connectivity index (χ3n) is 4.85. The van der Waals surface area contributed by atoms with E-state index in [-0.39, 0.29) is 12.1 Å². The van der Waals surface area contributed by atoms with Crippen molar-refractivity contribution in [3.8, 4) is 5.75 Å². The van der Waals surface area contributed by atoms with Crippen LogP contribution in [-0.4, -0.2) is 40.2 Å². The maximum Gasteiger partial charge on any atom is 0.317 e. The van der Waals surface area contributed by atoms with Gasteiger partial charge in [0.1, 0.15) is 5.75 Å². The van der Waals surface area contributed by atoms with Gasteiger partial charge in [-0.3, -0.25) is 0 Å². The van der Waals surface area contributed by atoms with E-state index in [2.05, 4.69) is 10.3 Å². The smallest absolute Gasteiger partial charge is 0.317 e. The van der Waals surface area contributed by atoms with Crippen LogP contribution in [-0.2, 0) is 12.8 Å². The Kier molecular flexibility index (Phi) is 6.50. The summed E-state index contributed by atoms with van der Waals surface area (Å²) in [5.74, 6) is 0.304. The number of urea groups is 1. The van der Waals surface area contributed by atoms with Crippen molar-refractivity contribution in [2.75, 3.05) is 13.1 Å². The van der Waals surface area contributed by atoms with E-state index in [0.717, 1.165) is 54.9 Å². The molecule has 1 atom stereocenters. The van der Waals surface area contributed by atoms with Crippen molar-refractivity contribution in [2.24, 2.45) is 0 Å². The Morgan fingerprint density at radius 3 is 3.04 bits per heavy atom. The number of hydrogen-bond acceptors (Lipinski definition) is 4. The molecule has 1 saturated heterocycles. The second-order valence-electron chi connectivity index (χ2n) is 6.92. The number of aryl methyl sites for hydroxylation is 2. The standard InChI is InChI=1S/C20H27N3O2S/c1-15-14-26-19(22-15)10-11-21-20(25)23-12-3-2-6-17(23)9-8-16-5-4-7-18(24)13-16/h4-5,7,13-14,17,24H,2-3,6,8-12H2,1H3,(H,21,25). The van der Waals surface area contributed by atoms with E-state index in [1.165, 1.54) is 6.42 Å². The number of nitrogens with one attached hydrogen (secondary N) is 1. The third kappa shape index (κ3) is 5.21. The number of carbonyl (C=O) groups is 1. The highest BCUT2D eigenvalue weighted by Gasteiger charge is 2.26. The summed E-state index contributed by atoms with van der Waals surface area (Å²) in [5, 5.41) is 15.8. The van der Waals surface area contributed by atoms with Crippen LogP contribution in [0.15, 0.2) is 29.6 Å². The number of likely N-dealkylation sites (tertiary alicyclic amines) is 1. The van der Waals surface area contributed by atoms with E-state index >= 15 is 0 Å². The van der Waals surface area contributed by atoms with Crippen LogP contribution >= 0.6 is 11.3 Å². The van der Waals surface area contributed by atoms with Gasteiger partial charge in [-0.25, -0.2) is 9.78 Å². The van der Waals surface area contributed by atoms with E-state index in [1.807, 2.05) is 35.4 Å². The van der Waals surface area contributed by atoms with Gasteiger partial charge in [0.2, 0.25) is 0 Å². The van der Waals surface area contributed by atoms with E-state index in [1.54, 1.807) is 17.4 Å². The number of carbonyl (C=O) groups excluding carboxylic acids is 1. The van der Waals surface area contributed by atoms with Crippen LogP contribution in [0.1, 0.15) is 41.9 Å². The molecule has 0 saturated carbocycles. The number of rotatable bonds is 6. The van der Waals surface area contributed by atoms with Crippen molar-refractivity contribution in [2.45, 2.75) is 51.5 Å². The number of thiazole rings is 1. The number of phenols is 1.